The lowest BCUT2D eigenvalue weighted by Crippen LogP contribution is -2.20. The molecule has 24 heavy (non-hydrogen) atoms. The molecule has 1 N–H and O–H groups in total. The zero-order chi connectivity index (χ0) is 17.1. The highest BCUT2D eigenvalue weighted by Crippen LogP contribution is 2.35. The average Bonchev–Trinajstić information content (AvgIpc) is 3.02. The van der Waals surface area contributed by atoms with E-state index in [9.17, 15) is 4.79 Å². The Bertz CT molecular complexity index is 745. The normalized spacial score (nSPS) is 14.3. The van der Waals surface area contributed by atoms with E-state index in [4.69, 9.17) is 21.1 Å². The van der Waals surface area contributed by atoms with Crippen molar-refractivity contribution in [1.29, 1.82) is 0 Å². The molecule has 1 aliphatic rings. The highest BCUT2D eigenvalue weighted by molar-refractivity contribution is 6.31. The lowest BCUT2D eigenvalue weighted by Gasteiger charge is -2.20. The van der Waals surface area contributed by atoms with Crippen LogP contribution in [0.15, 0.2) is 24.4 Å². The molecule has 0 fully saturated rings. The van der Waals surface area contributed by atoms with E-state index in [0.29, 0.717) is 41.1 Å². The Balaban J connectivity index is 1.73. The Hall–Kier alpha value is -2.21. The molecule has 0 saturated heterocycles. The summed E-state index contributed by atoms with van der Waals surface area (Å²) in [6.07, 6.45) is 2.76. The van der Waals surface area contributed by atoms with E-state index < -0.39 is 0 Å². The molecule has 0 radical (unpaired) electrons. The number of carbonyl (C=O) groups excluding carboxylic acids is 1. The fourth-order valence-electron chi connectivity index (χ4n) is 2.54. The minimum atomic E-state index is -0.154. The van der Waals surface area contributed by atoms with Gasteiger partial charge in [-0.15, -0.1) is 0 Å². The van der Waals surface area contributed by atoms with Crippen molar-refractivity contribution in [3.8, 4) is 11.5 Å². The number of hydrogen-bond donors (Lipinski definition) is 1. The Morgan fingerprint density at radius 2 is 2.08 bits per heavy atom. The highest BCUT2D eigenvalue weighted by atomic mass is 35.5. The molecule has 0 saturated carbocycles. The van der Waals surface area contributed by atoms with Gasteiger partial charge < -0.3 is 14.8 Å². The summed E-state index contributed by atoms with van der Waals surface area (Å²) >= 11 is 6.26. The number of anilines is 1. The fourth-order valence-corrected chi connectivity index (χ4v) is 2.76. The quantitative estimate of drug-likeness (QED) is 0.897. The maximum absolute atomic E-state index is 12.4. The number of nitrogens with one attached hydrogen (secondary N) is 1. The SMILES string of the molecule is CC[C@H](C)n1nccc1NC(=O)Cc1cc2c(cc1Cl)OCCO2. The maximum atomic E-state index is 12.4. The van der Waals surface area contributed by atoms with Crippen molar-refractivity contribution < 1.29 is 14.3 Å². The predicted molar refractivity (Wildman–Crippen MR) is 92.0 cm³/mol. The number of rotatable bonds is 5. The summed E-state index contributed by atoms with van der Waals surface area (Å²) in [5.74, 6) is 1.77. The lowest BCUT2D eigenvalue weighted by atomic mass is 10.1. The van der Waals surface area contributed by atoms with E-state index in [1.54, 1.807) is 24.4 Å². The van der Waals surface area contributed by atoms with Crippen molar-refractivity contribution in [2.75, 3.05) is 18.5 Å². The number of fused-ring (bicyclic) bond motifs is 1. The molecule has 0 spiro atoms. The first-order chi connectivity index (χ1) is 11.6. The molecular weight excluding hydrogens is 330 g/mol. The van der Waals surface area contributed by atoms with Gasteiger partial charge in [0, 0.05) is 17.2 Å². The maximum Gasteiger partial charge on any atom is 0.229 e. The minimum absolute atomic E-state index is 0.154. The van der Waals surface area contributed by atoms with Crippen LogP contribution in [-0.4, -0.2) is 28.9 Å². The van der Waals surface area contributed by atoms with E-state index in [1.807, 2.05) is 4.68 Å². The third kappa shape index (κ3) is 3.48. The Morgan fingerprint density at radius 1 is 1.38 bits per heavy atom. The number of ether oxygens (including phenoxy) is 2. The Morgan fingerprint density at radius 3 is 2.79 bits per heavy atom. The summed E-state index contributed by atoms with van der Waals surface area (Å²) in [6.45, 7) is 5.13. The second-order valence-corrected chi connectivity index (χ2v) is 6.14. The number of nitrogens with zero attached hydrogens (tertiary/aromatic N) is 2. The zero-order valence-corrected chi connectivity index (χ0v) is 14.5. The number of halogens is 1. The van der Waals surface area contributed by atoms with Crippen LogP contribution in [0.4, 0.5) is 5.82 Å². The third-order valence-corrected chi connectivity index (χ3v) is 4.36. The monoisotopic (exact) mass is 349 g/mol. The second-order valence-electron chi connectivity index (χ2n) is 5.73. The van der Waals surface area contributed by atoms with Gasteiger partial charge in [0.25, 0.3) is 0 Å². The van der Waals surface area contributed by atoms with Gasteiger partial charge >= 0.3 is 0 Å². The Labute approximate surface area is 145 Å². The average molecular weight is 350 g/mol. The smallest absolute Gasteiger partial charge is 0.229 e. The Kier molecular flexibility index (Phi) is 4.94. The standard InChI is InChI=1S/C17H20ClN3O3/c1-3-11(2)21-16(4-5-19-21)20-17(22)9-12-8-14-15(10-13(12)18)24-7-6-23-14/h4-5,8,10-11H,3,6-7,9H2,1-2H3,(H,20,22)/t11-/m0/s1. The number of aromatic nitrogens is 2. The van der Waals surface area contributed by atoms with E-state index in [2.05, 4.69) is 24.3 Å². The molecule has 0 unspecified atom stereocenters. The lowest BCUT2D eigenvalue weighted by molar-refractivity contribution is -0.115. The summed E-state index contributed by atoms with van der Waals surface area (Å²) < 4.78 is 12.8. The largest absolute Gasteiger partial charge is 0.486 e. The number of benzene rings is 1. The van der Waals surface area contributed by atoms with Crippen LogP contribution < -0.4 is 14.8 Å². The molecule has 1 atom stereocenters. The molecule has 1 amide bonds. The van der Waals surface area contributed by atoms with Gasteiger partial charge in [0.2, 0.25) is 5.91 Å². The van der Waals surface area contributed by atoms with Crippen molar-refractivity contribution in [1.82, 2.24) is 9.78 Å². The number of amides is 1. The van der Waals surface area contributed by atoms with E-state index in [1.165, 1.54) is 0 Å². The van der Waals surface area contributed by atoms with Crippen molar-refractivity contribution in [2.45, 2.75) is 32.7 Å². The van der Waals surface area contributed by atoms with Crippen molar-refractivity contribution in [3.05, 3.63) is 35.0 Å². The van der Waals surface area contributed by atoms with Crippen LogP contribution in [0.5, 0.6) is 11.5 Å². The van der Waals surface area contributed by atoms with Gasteiger partial charge in [0.1, 0.15) is 19.0 Å². The minimum Gasteiger partial charge on any atom is -0.486 e. The predicted octanol–water partition coefficient (Wildman–Crippen LogP) is 3.46. The van der Waals surface area contributed by atoms with E-state index in [0.717, 1.165) is 6.42 Å². The molecule has 0 aliphatic carbocycles. The molecule has 1 aliphatic heterocycles. The molecule has 6 nitrogen and oxygen atoms in total. The molecule has 2 heterocycles. The van der Waals surface area contributed by atoms with Gasteiger partial charge in [-0.05, 0) is 25.0 Å². The second kappa shape index (κ2) is 7.13. The van der Waals surface area contributed by atoms with Crippen LogP contribution in [-0.2, 0) is 11.2 Å². The molecule has 128 valence electrons. The first kappa shape index (κ1) is 16.6. The summed E-state index contributed by atoms with van der Waals surface area (Å²) in [4.78, 5) is 12.4. The molecule has 1 aromatic heterocycles. The van der Waals surface area contributed by atoms with Crippen molar-refractivity contribution in [2.24, 2.45) is 0 Å². The molecule has 2 aromatic rings. The fraction of sp³-hybridized carbons (Fsp3) is 0.412. The van der Waals surface area contributed by atoms with Gasteiger partial charge in [-0.2, -0.15) is 5.10 Å². The van der Waals surface area contributed by atoms with Gasteiger partial charge in [-0.3, -0.25) is 4.79 Å². The van der Waals surface area contributed by atoms with Crippen LogP contribution >= 0.6 is 11.6 Å². The first-order valence-electron chi connectivity index (χ1n) is 8.00. The molecular formula is C17H20ClN3O3. The summed E-state index contributed by atoms with van der Waals surface area (Å²) in [7, 11) is 0. The van der Waals surface area contributed by atoms with Crippen LogP contribution in [0.2, 0.25) is 5.02 Å². The number of carbonyl (C=O) groups is 1. The van der Waals surface area contributed by atoms with Crippen LogP contribution in [0.25, 0.3) is 0 Å². The van der Waals surface area contributed by atoms with Gasteiger partial charge in [0.15, 0.2) is 11.5 Å². The first-order valence-corrected chi connectivity index (χ1v) is 8.37. The van der Waals surface area contributed by atoms with E-state index in [-0.39, 0.29) is 18.4 Å². The molecule has 3 rings (SSSR count). The van der Waals surface area contributed by atoms with Crippen molar-refractivity contribution >= 4 is 23.3 Å². The van der Waals surface area contributed by atoms with Crippen LogP contribution in [0.1, 0.15) is 31.9 Å². The van der Waals surface area contributed by atoms with E-state index >= 15 is 0 Å². The van der Waals surface area contributed by atoms with Crippen molar-refractivity contribution in [3.63, 3.8) is 0 Å². The number of hydrogen-bond acceptors (Lipinski definition) is 4. The van der Waals surface area contributed by atoms with Crippen LogP contribution in [0, 0.1) is 0 Å². The molecule has 1 aromatic carbocycles. The summed E-state index contributed by atoms with van der Waals surface area (Å²) in [5.41, 5.74) is 0.702. The molecule has 7 heteroatoms. The summed E-state index contributed by atoms with van der Waals surface area (Å²) in [5, 5.41) is 7.64. The zero-order valence-electron chi connectivity index (χ0n) is 13.7. The third-order valence-electron chi connectivity index (χ3n) is 4.01. The topological polar surface area (TPSA) is 65.4 Å². The van der Waals surface area contributed by atoms with Gasteiger partial charge in [-0.1, -0.05) is 18.5 Å². The summed E-state index contributed by atoms with van der Waals surface area (Å²) in [6, 6.07) is 5.47. The molecule has 0 bridgehead atoms. The highest BCUT2D eigenvalue weighted by Gasteiger charge is 2.18. The van der Waals surface area contributed by atoms with Gasteiger partial charge in [-0.25, -0.2) is 4.68 Å². The van der Waals surface area contributed by atoms with Gasteiger partial charge in [0.05, 0.1) is 18.7 Å². The van der Waals surface area contributed by atoms with Crippen LogP contribution in [0.3, 0.4) is 0 Å².